The molecule has 0 atom stereocenters. The van der Waals surface area contributed by atoms with E-state index in [4.69, 9.17) is 11.6 Å². The zero-order valence-electron chi connectivity index (χ0n) is 17.8. The van der Waals surface area contributed by atoms with Crippen LogP contribution in [-0.2, 0) is 23.5 Å². The number of nitrogens with zero attached hydrogens (tertiary/aromatic N) is 3. The molecule has 1 saturated carbocycles. The Morgan fingerprint density at radius 1 is 1.30 bits per heavy atom. The highest BCUT2D eigenvalue weighted by Crippen LogP contribution is 2.47. The molecule has 6 heteroatoms. The van der Waals surface area contributed by atoms with E-state index < -0.39 is 5.60 Å². The third-order valence-electron chi connectivity index (χ3n) is 6.58. The number of likely N-dealkylation sites (tertiary alicyclic amines) is 1. The number of aliphatic hydroxyl groups is 1. The molecule has 1 amide bonds. The van der Waals surface area contributed by atoms with Crippen molar-refractivity contribution < 1.29 is 9.90 Å². The van der Waals surface area contributed by atoms with Gasteiger partial charge in [0.15, 0.2) is 0 Å². The van der Waals surface area contributed by atoms with Crippen LogP contribution < -0.4 is 0 Å². The molecule has 2 aromatic rings. The molecule has 5 nitrogen and oxygen atoms in total. The number of rotatable bonds is 6. The van der Waals surface area contributed by atoms with Crippen molar-refractivity contribution in [2.24, 2.45) is 5.92 Å². The first-order valence-electron chi connectivity index (χ1n) is 10.7. The van der Waals surface area contributed by atoms with Gasteiger partial charge in [-0.1, -0.05) is 29.8 Å². The highest BCUT2D eigenvalue weighted by Gasteiger charge is 2.48. The summed E-state index contributed by atoms with van der Waals surface area (Å²) < 4.78 is 0. The zero-order chi connectivity index (χ0) is 21.3. The third-order valence-corrected chi connectivity index (χ3v) is 6.93. The molecule has 0 radical (unpaired) electrons. The van der Waals surface area contributed by atoms with Crippen LogP contribution in [-0.4, -0.2) is 45.9 Å². The topological polar surface area (TPSA) is 56.7 Å². The molecule has 2 fully saturated rings. The number of aryl methyl sites for hydroxylation is 1. The minimum Gasteiger partial charge on any atom is -0.385 e. The molecule has 1 N–H and O–H groups in total. The van der Waals surface area contributed by atoms with Crippen molar-refractivity contribution in [2.45, 2.75) is 51.3 Å². The Labute approximate surface area is 183 Å². The molecule has 0 unspecified atom stereocenters. The van der Waals surface area contributed by atoms with Gasteiger partial charge in [0.2, 0.25) is 5.91 Å². The van der Waals surface area contributed by atoms with Gasteiger partial charge in [-0.2, -0.15) is 0 Å². The number of pyridine rings is 1. The first-order chi connectivity index (χ1) is 14.4. The molecular formula is C24H30ClN3O2. The number of carbonyl (C=O) groups excluding carboxylic acids is 1. The first-order valence-corrected chi connectivity index (χ1v) is 11.1. The van der Waals surface area contributed by atoms with Crippen LogP contribution in [0.3, 0.4) is 0 Å². The van der Waals surface area contributed by atoms with Crippen LogP contribution in [0.15, 0.2) is 36.5 Å². The Morgan fingerprint density at radius 3 is 2.70 bits per heavy atom. The standard InChI is InChI=1S/C24H30ClN3O2/c1-17-6-5-9-26-22(17)16-27(2)23(29)19-13-24(30,14-19)20-8-7-18(21(25)12-20)15-28-10-3-4-11-28/h5-9,12,19,30H,3-4,10-11,13-16H2,1-2H3. The molecule has 4 rings (SSSR count). The molecule has 0 spiro atoms. The third kappa shape index (κ3) is 4.39. The van der Waals surface area contributed by atoms with Crippen LogP contribution in [0.4, 0.5) is 0 Å². The van der Waals surface area contributed by atoms with Crippen LogP contribution in [0, 0.1) is 12.8 Å². The molecule has 2 aliphatic rings. The van der Waals surface area contributed by atoms with E-state index in [1.54, 1.807) is 18.1 Å². The monoisotopic (exact) mass is 427 g/mol. The lowest BCUT2D eigenvalue weighted by molar-refractivity contribution is -0.152. The van der Waals surface area contributed by atoms with Gasteiger partial charge >= 0.3 is 0 Å². The summed E-state index contributed by atoms with van der Waals surface area (Å²) in [6.07, 6.45) is 5.11. The Balaban J connectivity index is 1.36. The van der Waals surface area contributed by atoms with Crippen LogP contribution >= 0.6 is 11.6 Å². The summed E-state index contributed by atoms with van der Waals surface area (Å²) in [5.41, 5.74) is 2.92. The fourth-order valence-corrected chi connectivity index (χ4v) is 4.85. The minimum absolute atomic E-state index is 0.0569. The predicted octanol–water partition coefficient (Wildman–Crippen LogP) is 3.90. The van der Waals surface area contributed by atoms with E-state index in [1.165, 1.54) is 12.8 Å². The molecule has 1 aliphatic carbocycles. The first kappa shape index (κ1) is 21.3. The summed E-state index contributed by atoms with van der Waals surface area (Å²) in [6, 6.07) is 9.78. The van der Waals surface area contributed by atoms with E-state index in [2.05, 4.69) is 9.88 Å². The number of carbonyl (C=O) groups is 1. The van der Waals surface area contributed by atoms with E-state index in [0.29, 0.717) is 24.4 Å². The Morgan fingerprint density at radius 2 is 2.03 bits per heavy atom. The lowest BCUT2D eigenvalue weighted by Crippen LogP contribution is -2.48. The molecule has 1 aliphatic heterocycles. The lowest BCUT2D eigenvalue weighted by Gasteiger charge is -2.44. The molecule has 1 aromatic carbocycles. The van der Waals surface area contributed by atoms with Gasteiger partial charge in [-0.05, 0) is 74.5 Å². The van der Waals surface area contributed by atoms with Gasteiger partial charge in [0.25, 0.3) is 0 Å². The number of hydrogen-bond acceptors (Lipinski definition) is 4. The van der Waals surface area contributed by atoms with Gasteiger partial charge in [0, 0.05) is 30.7 Å². The molecule has 1 saturated heterocycles. The van der Waals surface area contributed by atoms with E-state index in [-0.39, 0.29) is 11.8 Å². The molecule has 30 heavy (non-hydrogen) atoms. The molecule has 2 heterocycles. The fourth-order valence-electron chi connectivity index (χ4n) is 4.61. The summed E-state index contributed by atoms with van der Waals surface area (Å²) in [5, 5.41) is 11.8. The van der Waals surface area contributed by atoms with Crippen LogP contribution in [0.1, 0.15) is 48.1 Å². The maximum absolute atomic E-state index is 12.8. The number of aromatic nitrogens is 1. The number of amides is 1. The SMILES string of the molecule is Cc1cccnc1CN(C)C(=O)C1CC(O)(c2ccc(CN3CCCC3)c(Cl)c2)C1. The van der Waals surface area contributed by atoms with Crippen LogP contribution in [0.25, 0.3) is 0 Å². The zero-order valence-corrected chi connectivity index (χ0v) is 18.5. The number of hydrogen-bond donors (Lipinski definition) is 1. The minimum atomic E-state index is -0.974. The quantitative estimate of drug-likeness (QED) is 0.759. The number of halogens is 1. The normalized spacial score (nSPS) is 23.9. The largest absolute Gasteiger partial charge is 0.385 e. The maximum Gasteiger partial charge on any atom is 0.226 e. The average molecular weight is 428 g/mol. The highest BCUT2D eigenvalue weighted by molar-refractivity contribution is 6.31. The fraction of sp³-hybridized carbons (Fsp3) is 0.500. The van der Waals surface area contributed by atoms with Crippen molar-refractivity contribution in [3.8, 4) is 0 Å². The van der Waals surface area contributed by atoms with Gasteiger partial charge in [0.05, 0.1) is 17.8 Å². The van der Waals surface area contributed by atoms with Gasteiger partial charge in [0.1, 0.15) is 0 Å². The van der Waals surface area contributed by atoms with Crippen LogP contribution in [0.5, 0.6) is 0 Å². The Hall–Kier alpha value is -1.95. The van der Waals surface area contributed by atoms with E-state index in [0.717, 1.165) is 42.0 Å². The second-order valence-electron chi connectivity index (χ2n) is 8.89. The van der Waals surface area contributed by atoms with Crippen molar-refractivity contribution in [1.29, 1.82) is 0 Å². The summed E-state index contributed by atoms with van der Waals surface area (Å²) in [6.45, 7) is 5.59. The second-order valence-corrected chi connectivity index (χ2v) is 9.29. The maximum atomic E-state index is 12.8. The predicted molar refractivity (Wildman–Crippen MR) is 118 cm³/mol. The molecule has 1 aromatic heterocycles. The van der Waals surface area contributed by atoms with Crippen LogP contribution in [0.2, 0.25) is 5.02 Å². The smallest absolute Gasteiger partial charge is 0.226 e. The molecule has 160 valence electrons. The van der Waals surface area contributed by atoms with Gasteiger partial charge < -0.3 is 10.0 Å². The van der Waals surface area contributed by atoms with Crippen molar-refractivity contribution in [3.05, 3.63) is 63.9 Å². The van der Waals surface area contributed by atoms with Crippen molar-refractivity contribution in [3.63, 3.8) is 0 Å². The van der Waals surface area contributed by atoms with E-state index in [9.17, 15) is 9.90 Å². The lowest BCUT2D eigenvalue weighted by atomic mass is 9.66. The number of benzene rings is 1. The Bertz CT molecular complexity index is 920. The van der Waals surface area contributed by atoms with Crippen molar-refractivity contribution in [2.75, 3.05) is 20.1 Å². The summed E-state index contributed by atoms with van der Waals surface area (Å²) in [7, 11) is 1.80. The van der Waals surface area contributed by atoms with Crippen molar-refractivity contribution in [1.82, 2.24) is 14.8 Å². The van der Waals surface area contributed by atoms with E-state index >= 15 is 0 Å². The Kier molecular flexibility index (Phi) is 6.14. The van der Waals surface area contributed by atoms with E-state index in [1.807, 2.05) is 37.3 Å². The summed E-state index contributed by atoms with van der Waals surface area (Å²) >= 11 is 6.53. The van der Waals surface area contributed by atoms with Crippen molar-refractivity contribution >= 4 is 17.5 Å². The average Bonchev–Trinajstić information content (AvgIpc) is 3.21. The highest BCUT2D eigenvalue weighted by atomic mass is 35.5. The summed E-state index contributed by atoms with van der Waals surface area (Å²) in [4.78, 5) is 21.3. The molecular weight excluding hydrogens is 398 g/mol. The summed E-state index contributed by atoms with van der Waals surface area (Å²) in [5.74, 6) is -0.117. The molecule has 0 bridgehead atoms. The van der Waals surface area contributed by atoms with Gasteiger partial charge in [-0.3, -0.25) is 14.7 Å². The van der Waals surface area contributed by atoms with Gasteiger partial charge in [-0.15, -0.1) is 0 Å². The second kappa shape index (κ2) is 8.66. The van der Waals surface area contributed by atoms with Gasteiger partial charge in [-0.25, -0.2) is 0 Å².